The van der Waals surface area contributed by atoms with Crippen LogP contribution in [-0.4, -0.2) is 55.1 Å². The number of hydrogen-bond acceptors (Lipinski definition) is 5. The lowest BCUT2D eigenvalue weighted by atomic mass is 9.94. The molecule has 2 heterocycles. The third kappa shape index (κ3) is 8.59. The molecule has 0 saturated carbocycles. The maximum atomic E-state index is 12.0. The molecule has 0 amide bonds. The first kappa shape index (κ1) is 29.2. The molecule has 2 aromatic carbocycles. The molecule has 1 atom stereocenters. The van der Waals surface area contributed by atoms with Crippen molar-refractivity contribution in [3.8, 4) is 0 Å². The van der Waals surface area contributed by atoms with E-state index in [0.29, 0.717) is 19.1 Å². The van der Waals surface area contributed by atoms with Gasteiger partial charge in [-0.3, -0.25) is 9.69 Å². The molecule has 5 heteroatoms. The fraction of sp³-hybridized carbons (Fsp3) is 0.606. The van der Waals surface area contributed by atoms with Gasteiger partial charge in [-0.25, -0.2) is 0 Å². The van der Waals surface area contributed by atoms with Gasteiger partial charge >= 0.3 is 5.97 Å². The Bertz CT molecular complexity index is 1000. The quantitative estimate of drug-likeness (QED) is 0.183. The van der Waals surface area contributed by atoms with Gasteiger partial charge in [0, 0.05) is 55.0 Å². The summed E-state index contributed by atoms with van der Waals surface area (Å²) in [4.78, 5) is 20.1. The van der Waals surface area contributed by atoms with Crippen LogP contribution in [0.15, 0.2) is 52.3 Å². The number of nitrogens with zero attached hydrogens (tertiary/aromatic N) is 2. The van der Waals surface area contributed by atoms with Crippen molar-refractivity contribution in [2.75, 3.05) is 39.3 Å². The van der Waals surface area contributed by atoms with E-state index in [1.54, 1.807) is 0 Å². The second-order valence-corrected chi connectivity index (χ2v) is 12.1. The number of piperazine rings is 1. The molecule has 208 valence electrons. The number of unbranched alkanes of at least 4 members (excludes halogenated alkanes) is 5. The van der Waals surface area contributed by atoms with E-state index in [9.17, 15) is 4.79 Å². The fourth-order valence-electron chi connectivity index (χ4n) is 5.74. The van der Waals surface area contributed by atoms with Gasteiger partial charge in [0.15, 0.2) is 0 Å². The fourth-order valence-corrected chi connectivity index (χ4v) is 6.85. The third-order valence-electron chi connectivity index (χ3n) is 8.07. The highest BCUT2D eigenvalue weighted by Crippen LogP contribution is 2.43. The number of benzene rings is 2. The number of rotatable bonds is 14. The zero-order chi connectivity index (χ0) is 26.6. The number of hydrogen-bond donors (Lipinski definition) is 0. The minimum Gasteiger partial charge on any atom is -0.466 e. The molecular formula is C33H48N2O2S. The molecule has 0 radical (unpaired) electrons. The van der Waals surface area contributed by atoms with Crippen molar-refractivity contribution in [2.24, 2.45) is 0 Å². The molecule has 0 bridgehead atoms. The average molecular weight is 537 g/mol. The van der Waals surface area contributed by atoms with Crippen LogP contribution < -0.4 is 0 Å². The van der Waals surface area contributed by atoms with Crippen LogP contribution in [0.1, 0.15) is 94.4 Å². The Morgan fingerprint density at radius 3 is 2.50 bits per heavy atom. The van der Waals surface area contributed by atoms with Gasteiger partial charge < -0.3 is 9.64 Å². The number of esters is 1. The zero-order valence-corrected chi connectivity index (χ0v) is 24.6. The molecule has 38 heavy (non-hydrogen) atoms. The van der Waals surface area contributed by atoms with E-state index in [1.165, 1.54) is 65.0 Å². The number of carbonyl (C=O) groups is 1. The highest BCUT2D eigenvalue weighted by molar-refractivity contribution is 7.99. The van der Waals surface area contributed by atoms with Crippen LogP contribution in [-0.2, 0) is 22.4 Å². The molecule has 2 aliphatic rings. The molecule has 0 aromatic heterocycles. The van der Waals surface area contributed by atoms with Crippen LogP contribution in [0.5, 0.6) is 0 Å². The van der Waals surface area contributed by atoms with Crippen LogP contribution >= 0.6 is 11.8 Å². The second-order valence-electron chi connectivity index (χ2n) is 11.0. The minimum absolute atomic E-state index is 0.0187. The summed E-state index contributed by atoms with van der Waals surface area (Å²) in [6, 6.07) is 16.6. The molecule has 0 spiro atoms. The first-order valence-corrected chi connectivity index (χ1v) is 16.0. The van der Waals surface area contributed by atoms with Gasteiger partial charge in [0.1, 0.15) is 0 Å². The summed E-state index contributed by atoms with van der Waals surface area (Å²) >= 11 is 1.95. The summed E-state index contributed by atoms with van der Waals surface area (Å²) in [5, 5.41) is 0. The first-order valence-electron chi connectivity index (χ1n) is 15.2. The van der Waals surface area contributed by atoms with Crippen LogP contribution in [0, 0.1) is 0 Å². The molecule has 0 N–H and O–H groups in total. The van der Waals surface area contributed by atoms with E-state index in [0.717, 1.165) is 58.4 Å². The lowest BCUT2D eigenvalue weighted by molar-refractivity contribution is -0.144. The van der Waals surface area contributed by atoms with Crippen LogP contribution in [0.3, 0.4) is 0 Å². The smallest absolute Gasteiger partial charge is 0.305 e. The van der Waals surface area contributed by atoms with E-state index in [4.69, 9.17) is 4.74 Å². The van der Waals surface area contributed by atoms with E-state index in [1.807, 2.05) is 11.8 Å². The van der Waals surface area contributed by atoms with Gasteiger partial charge in [0.25, 0.3) is 0 Å². The first-order chi connectivity index (χ1) is 18.7. The Kier molecular flexibility index (Phi) is 12.0. The summed E-state index contributed by atoms with van der Waals surface area (Å²) < 4.78 is 5.50. The predicted molar refractivity (Wildman–Crippen MR) is 159 cm³/mol. The Hall–Kier alpha value is -1.82. The van der Waals surface area contributed by atoms with Crippen molar-refractivity contribution in [3.05, 3.63) is 59.2 Å². The Labute approximate surface area is 235 Å². The van der Waals surface area contributed by atoms with Crippen molar-refractivity contribution in [2.45, 2.75) is 100 Å². The van der Waals surface area contributed by atoms with Gasteiger partial charge in [0.05, 0.1) is 6.61 Å². The summed E-state index contributed by atoms with van der Waals surface area (Å²) in [6.07, 6.45) is 12.1. The summed E-state index contributed by atoms with van der Waals surface area (Å²) in [5.41, 5.74) is 4.48. The van der Waals surface area contributed by atoms with Gasteiger partial charge in [0.2, 0.25) is 0 Å². The molecule has 2 aliphatic heterocycles. The molecule has 1 fully saturated rings. The number of fused-ring (bicyclic) bond motifs is 2. The lowest BCUT2D eigenvalue weighted by Crippen LogP contribution is -2.48. The lowest BCUT2D eigenvalue weighted by Gasteiger charge is -2.39. The van der Waals surface area contributed by atoms with Crippen LogP contribution in [0.2, 0.25) is 0 Å². The van der Waals surface area contributed by atoms with Gasteiger partial charge in [-0.1, -0.05) is 88.0 Å². The Balaban J connectivity index is 1.28. The van der Waals surface area contributed by atoms with Crippen molar-refractivity contribution in [1.29, 1.82) is 0 Å². The summed E-state index contributed by atoms with van der Waals surface area (Å²) in [7, 11) is 0. The van der Waals surface area contributed by atoms with Crippen LogP contribution in [0.4, 0.5) is 0 Å². The van der Waals surface area contributed by atoms with Crippen LogP contribution in [0.25, 0.3) is 0 Å². The van der Waals surface area contributed by atoms with Crippen molar-refractivity contribution < 1.29 is 9.53 Å². The zero-order valence-electron chi connectivity index (χ0n) is 23.8. The predicted octanol–water partition coefficient (Wildman–Crippen LogP) is 7.69. The molecular weight excluding hydrogens is 488 g/mol. The number of ether oxygens (including phenoxy) is 1. The molecule has 2 aromatic rings. The second kappa shape index (κ2) is 15.7. The summed E-state index contributed by atoms with van der Waals surface area (Å²) in [5.74, 6) is -0.0187. The average Bonchev–Trinajstić information content (AvgIpc) is 3.11. The standard InChI is InChI=1S/C33H48N2O2S/c1-3-5-7-8-9-16-33(36)37-24-12-19-34-20-22-35(23-21-34)30-26-28-14-10-11-15-31(28)38-32-18-17-27(13-6-4-2)25-29(30)32/h10-11,14-15,17-18,25,30H,3-9,12-13,16,19-24,26H2,1-2H3. The van der Waals surface area contributed by atoms with Crippen molar-refractivity contribution >= 4 is 17.7 Å². The largest absolute Gasteiger partial charge is 0.466 e. The van der Waals surface area contributed by atoms with E-state index < -0.39 is 0 Å². The van der Waals surface area contributed by atoms with Gasteiger partial charge in [-0.15, -0.1) is 0 Å². The molecule has 1 saturated heterocycles. The Morgan fingerprint density at radius 1 is 0.895 bits per heavy atom. The highest BCUT2D eigenvalue weighted by atomic mass is 32.2. The molecule has 0 aliphatic carbocycles. The normalized spacial score (nSPS) is 18.0. The van der Waals surface area contributed by atoms with Crippen molar-refractivity contribution in [1.82, 2.24) is 9.80 Å². The molecule has 4 nitrogen and oxygen atoms in total. The number of aryl methyl sites for hydroxylation is 1. The third-order valence-corrected chi connectivity index (χ3v) is 9.28. The van der Waals surface area contributed by atoms with E-state index in [2.05, 4.69) is 66.1 Å². The minimum atomic E-state index is -0.0187. The topological polar surface area (TPSA) is 32.8 Å². The maximum Gasteiger partial charge on any atom is 0.305 e. The number of carbonyl (C=O) groups excluding carboxylic acids is 1. The molecule has 4 rings (SSSR count). The van der Waals surface area contributed by atoms with E-state index >= 15 is 0 Å². The SMILES string of the molecule is CCCCCCCC(=O)OCCCN1CCN(C2Cc3ccccc3Sc3ccc(CCCC)cc32)CC1. The molecule has 1 unspecified atom stereocenters. The highest BCUT2D eigenvalue weighted by Gasteiger charge is 2.30. The Morgan fingerprint density at radius 2 is 1.68 bits per heavy atom. The van der Waals surface area contributed by atoms with Gasteiger partial charge in [-0.2, -0.15) is 0 Å². The van der Waals surface area contributed by atoms with Crippen molar-refractivity contribution in [3.63, 3.8) is 0 Å². The maximum absolute atomic E-state index is 12.0. The summed E-state index contributed by atoms with van der Waals surface area (Å²) in [6.45, 7) is 10.4. The van der Waals surface area contributed by atoms with E-state index in [-0.39, 0.29) is 5.97 Å². The van der Waals surface area contributed by atoms with Gasteiger partial charge in [-0.05, 0) is 60.9 Å². The monoisotopic (exact) mass is 536 g/mol.